The molecule has 0 radical (unpaired) electrons. The molecule has 7 heteroatoms. The number of carbonyl (C=O) groups is 1. The molecule has 0 spiro atoms. The van der Waals surface area contributed by atoms with Crippen molar-refractivity contribution in [3.63, 3.8) is 0 Å². The Morgan fingerprint density at radius 1 is 1.00 bits per heavy atom. The highest BCUT2D eigenvalue weighted by Crippen LogP contribution is 2.24. The first-order valence-electron chi connectivity index (χ1n) is 8.84. The van der Waals surface area contributed by atoms with Crippen LogP contribution in [0.5, 0.6) is 0 Å². The lowest BCUT2D eigenvalue weighted by molar-refractivity contribution is 0.102. The van der Waals surface area contributed by atoms with Gasteiger partial charge in [0.25, 0.3) is 11.5 Å². The molecule has 0 aliphatic carbocycles. The molecule has 3 N–H and O–H groups in total. The van der Waals surface area contributed by atoms with E-state index in [1.54, 1.807) is 11.4 Å². The number of benzene rings is 2. The van der Waals surface area contributed by atoms with Crippen molar-refractivity contribution >= 4 is 28.7 Å². The molecule has 0 aliphatic rings. The summed E-state index contributed by atoms with van der Waals surface area (Å²) in [6.45, 7) is 3.75. The third-order valence-electron chi connectivity index (χ3n) is 4.37. The highest BCUT2D eigenvalue weighted by atomic mass is 16.2. The third-order valence-corrected chi connectivity index (χ3v) is 4.37. The maximum atomic E-state index is 13.1. The van der Waals surface area contributed by atoms with E-state index in [0.29, 0.717) is 22.8 Å². The topological polar surface area (TPSA) is 91.3 Å². The Labute approximate surface area is 161 Å². The Kier molecular flexibility index (Phi) is 4.41. The molecule has 1 amide bonds. The third kappa shape index (κ3) is 3.37. The van der Waals surface area contributed by atoms with Gasteiger partial charge < -0.3 is 15.6 Å². The van der Waals surface area contributed by atoms with Crippen LogP contribution >= 0.6 is 0 Å². The maximum Gasteiger partial charge on any atom is 0.263 e. The first kappa shape index (κ1) is 17.5. The van der Waals surface area contributed by atoms with Gasteiger partial charge in [0.1, 0.15) is 5.56 Å². The van der Waals surface area contributed by atoms with Gasteiger partial charge in [-0.15, -0.1) is 5.10 Å². The number of hydrogen-bond donors (Lipinski definition) is 3. The molecular formula is C21H19N5O2. The molecule has 2 aromatic heterocycles. The van der Waals surface area contributed by atoms with Crippen LogP contribution in [0.4, 0.5) is 17.2 Å². The van der Waals surface area contributed by atoms with Gasteiger partial charge in [0.15, 0.2) is 11.5 Å². The fourth-order valence-corrected chi connectivity index (χ4v) is 2.98. The fraction of sp³-hybridized carbons (Fsp3) is 0.0952. The second-order valence-electron chi connectivity index (χ2n) is 6.57. The lowest BCUT2D eigenvalue weighted by Crippen LogP contribution is -2.16. The van der Waals surface area contributed by atoms with Crippen LogP contribution in [-0.4, -0.2) is 20.5 Å². The van der Waals surface area contributed by atoms with Crippen molar-refractivity contribution in [2.75, 3.05) is 10.6 Å². The zero-order valence-electron chi connectivity index (χ0n) is 15.5. The van der Waals surface area contributed by atoms with Gasteiger partial charge in [-0.05, 0) is 38.1 Å². The zero-order chi connectivity index (χ0) is 19.7. The number of H-pyrrole nitrogens is 1. The monoisotopic (exact) mass is 373 g/mol. The molecule has 140 valence electrons. The van der Waals surface area contributed by atoms with Crippen molar-refractivity contribution in [3.8, 4) is 0 Å². The SMILES string of the molecule is Cc1ccc(NC(=O)c2c(Nc3ccccc3)nn3c(C)cc(=O)[nH]c23)cc1. The van der Waals surface area contributed by atoms with E-state index in [-0.39, 0.29) is 17.0 Å². The van der Waals surface area contributed by atoms with E-state index in [1.807, 2.05) is 61.5 Å². The van der Waals surface area contributed by atoms with Crippen LogP contribution in [-0.2, 0) is 0 Å². The molecule has 2 aromatic carbocycles. The van der Waals surface area contributed by atoms with Crippen molar-refractivity contribution in [1.82, 2.24) is 14.6 Å². The molecule has 0 unspecified atom stereocenters. The van der Waals surface area contributed by atoms with Crippen LogP contribution in [0.3, 0.4) is 0 Å². The Bertz CT molecular complexity index is 1210. The second kappa shape index (κ2) is 7.03. The van der Waals surface area contributed by atoms with E-state index in [2.05, 4.69) is 20.7 Å². The minimum atomic E-state index is -0.362. The summed E-state index contributed by atoms with van der Waals surface area (Å²) < 4.78 is 1.55. The lowest BCUT2D eigenvalue weighted by Gasteiger charge is -2.08. The minimum absolute atomic E-state index is 0.269. The number of nitrogens with zero attached hydrogens (tertiary/aromatic N) is 2. The largest absolute Gasteiger partial charge is 0.338 e. The molecule has 7 nitrogen and oxygen atoms in total. The van der Waals surface area contributed by atoms with Crippen LogP contribution in [0, 0.1) is 13.8 Å². The summed E-state index contributed by atoms with van der Waals surface area (Å²) in [5.74, 6) is -0.000652. The number of amides is 1. The molecule has 0 aliphatic heterocycles. The minimum Gasteiger partial charge on any atom is -0.338 e. The number of anilines is 3. The van der Waals surface area contributed by atoms with E-state index in [9.17, 15) is 9.59 Å². The van der Waals surface area contributed by atoms with Crippen molar-refractivity contribution in [3.05, 3.63) is 87.8 Å². The van der Waals surface area contributed by atoms with E-state index >= 15 is 0 Å². The number of aromatic amines is 1. The molecule has 0 saturated carbocycles. The van der Waals surface area contributed by atoms with Gasteiger partial charge in [-0.3, -0.25) is 9.59 Å². The molecule has 28 heavy (non-hydrogen) atoms. The summed E-state index contributed by atoms with van der Waals surface area (Å²) in [4.78, 5) is 27.8. The number of fused-ring (bicyclic) bond motifs is 1. The van der Waals surface area contributed by atoms with Gasteiger partial charge >= 0.3 is 0 Å². The molecular weight excluding hydrogens is 354 g/mol. The molecule has 0 bridgehead atoms. The van der Waals surface area contributed by atoms with Gasteiger partial charge in [-0.2, -0.15) is 0 Å². The van der Waals surface area contributed by atoms with Crippen LogP contribution in [0.25, 0.3) is 5.65 Å². The van der Waals surface area contributed by atoms with Gasteiger partial charge in [-0.25, -0.2) is 4.52 Å². The van der Waals surface area contributed by atoms with Crippen molar-refractivity contribution in [2.24, 2.45) is 0 Å². The number of carbonyl (C=O) groups excluding carboxylic acids is 1. The first-order valence-corrected chi connectivity index (χ1v) is 8.84. The first-order chi connectivity index (χ1) is 13.5. The number of aromatic nitrogens is 3. The maximum absolute atomic E-state index is 13.1. The number of rotatable bonds is 4. The average molecular weight is 373 g/mol. The number of hydrogen-bond acceptors (Lipinski definition) is 4. The van der Waals surface area contributed by atoms with E-state index < -0.39 is 0 Å². The van der Waals surface area contributed by atoms with Gasteiger partial charge in [0, 0.05) is 23.1 Å². The van der Waals surface area contributed by atoms with Crippen LogP contribution in [0.1, 0.15) is 21.6 Å². The van der Waals surface area contributed by atoms with Gasteiger partial charge in [-0.1, -0.05) is 35.9 Å². The summed E-state index contributed by atoms with van der Waals surface area (Å²) in [5, 5.41) is 10.5. The quantitative estimate of drug-likeness (QED) is 0.509. The Hall–Kier alpha value is -3.87. The van der Waals surface area contributed by atoms with E-state index in [0.717, 1.165) is 11.3 Å². The number of para-hydroxylation sites is 1. The van der Waals surface area contributed by atoms with Gasteiger partial charge in [0.05, 0.1) is 0 Å². The second-order valence-corrected chi connectivity index (χ2v) is 6.57. The Morgan fingerprint density at radius 2 is 1.71 bits per heavy atom. The van der Waals surface area contributed by atoms with Crippen molar-refractivity contribution in [1.29, 1.82) is 0 Å². The summed E-state index contributed by atoms with van der Waals surface area (Å²) in [5.41, 5.74) is 3.49. The smallest absolute Gasteiger partial charge is 0.263 e. The summed E-state index contributed by atoms with van der Waals surface area (Å²) in [6.07, 6.45) is 0. The van der Waals surface area contributed by atoms with Crippen LogP contribution in [0.2, 0.25) is 0 Å². The molecule has 0 atom stereocenters. The molecule has 4 rings (SSSR count). The van der Waals surface area contributed by atoms with Crippen LogP contribution < -0.4 is 16.2 Å². The van der Waals surface area contributed by atoms with E-state index in [1.165, 1.54) is 6.07 Å². The van der Waals surface area contributed by atoms with Crippen molar-refractivity contribution < 1.29 is 4.79 Å². The normalized spacial score (nSPS) is 10.8. The highest BCUT2D eigenvalue weighted by Gasteiger charge is 2.22. The fourth-order valence-electron chi connectivity index (χ4n) is 2.98. The molecule has 0 saturated heterocycles. The highest BCUT2D eigenvalue weighted by molar-refractivity contribution is 6.12. The Morgan fingerprint density at radius 3 is 2.43 bits per heavy atom. The standard InChI is InChI=1S/C21H19N5O2/c1-13-8-10-16(11-9-13)23-21(28)18-19(22-15-6-4-3-5-7-15)25-26-14(2)12-17(27)24-20(18)26/h3-12H,1-2H3,(H,22,25)(H,23,28)(H,24,27). The predicted molar refractivity (Wildman–Crippen MR) is 109 cm³/mol. The average Bonchev–Trinajstić information content (AvgIpc) is 3.02. The zero-order valence-corrected chi connectivity index (χ0v) is 15.5. The molecule has 2 heterocycles. The summed E-state index contributed by atoms with van der Waals surface area (Å²) in [6, 6.07) is 18.4. The van der Waals surface area contributed by atoms with Gasteiger partial charge in [0.2, 0.25) is 0 Å². The molecule has 4 aromatic rings. The molecule has 0 fully saturated rings. The van der Waals surface area contributed by atoms with E-state index in [4.69, 9.17) is 0 Å². The number of aryl methyl sites for hydroxylation is 2. The number of nitrogens with one attached hydrogen (secondary N) is 3. The lowest BCUT2D eigenvalue weighted by atomic mass is 10.2. The summed E-state index contributed by atoms with van der Waals surface area (Å²) >= 11 is 0. The van der Waals surface area contributed by atoms with Crippen molar-refractivity contribution in [2.45, 2.75) is 13.8 Å². The van der Waals surface area contributed by atoms with Crippen LogP contribution in [0.15, 0.2) is 65.5 Å². The Balaban J connectivity index is 1.81. The predicted octanol–water partition coefficient (Wildman–Crippen LogP) is 3.64. The summed E-state index contributed by atoms with van der Waals surface area (Å²) in [7, 11) is 0.